The van der Waals surface area contributed by atoms with E-state index in [1.54, 1.807) is 17.5 Å². The molecule has 2 aromatic carbocycles. The Labute approximate surface area is 143 Å². The fraction of sp³-hybridized carbons (Fsp3) is 0.0588. The lowest BCUT2D eigenvalue weighted by molar-refractivity contribution is 0.102. The van der Waals surface area contributed by atoms with Crippen molar-refractivity contribution in [3.63, 3.8) is 0 Å². The second kappa shape index (κ2) is 6.81. The number of nitrogens with one attached hydrogen (secondary N) is 2. The van der Waals surface area contributed by atoms with Crippen molar-refractivity contribution < 1.29 is 4.79 Å². The lowest BCUT2D eigenvalue weighted by Crippen LogP contribution is -2.13. The quantitative estimate of drug-likeness (QED) is 0.692. The van der Waals surface area contributed by atoms with Gasteiger partial charge in [0.05, 0.1) is 0 Å². The van der Waals surface area contributed by atoms with E-state index >= 15 is 0 Å². The number of aromatic nitrogens is 1. The number of halogens is 1. The minimum atomic E-state index is -0.257. The van der Waals surface area contributed by atoms with E-state index in [0.717, 1.165) is 11.3 Å². The van der Waals surface area contributed by atoms with Gasteiger partial charge in [-0.2, -0.15) is 0 Å². The molecule has 116 valence electrons. The highest BCUT2D eigenvalue weighted by atomic mass is 35.5. The van der Waals surface area contributed by atoms with Gasteiger partial charge < -0.3 is 10.6 Å². The van der Waals surface area contributed by atoms with Gasteiger partial charge in [-0.25, -0.2) is 4.98 Å². The van der Waals surface area contributed by atoms with Gasteiger partial charge in [-0.05, 0) is 36.8 Å². The van der Waals surface area contributed by atoms with Crippen LogP contribution in [0.25, 0.3) is 0 Å². The Morgan fingerprint density at radius 2 is 1.96 bits per heavy atom. The number of aryl methyl sites for hydroxylation is 1. The molecule has 23 heavy (non-hydrogen) atoms. The van der Waals surface area contributed by atoms with Crippen LogP contribution in [0.5, 0.6) is 0 Å². The maximum Gasteiger partial charge on any atom is 0.275 e. The van der Waals surface area contributed by atoms with Crippen LogP contribution in [0.1, 0.15) is 16.1 Å². The summed E-state index contributed by atoms with van der Waals surface area (Å²) in [5.74, 6) is -0.257. The number of anilines is 3. The van der Waals surface area contributed by atoms with Crippen molar-refractivity contribution in [2.75, 3.05) is 10.6 Å². The maximum atomic E-state index is 12.3. The number of amides is 1. The molecule has 3 rings (SSSR count). The summed E-state index contributed by atoms with van der Waals surface area (Å²) in [7, 11) is 0. The molecule has 6 heteroatoms. The molecule has 1 amide bonds. The number of nitrogens with zero attached hydrogens (tertiary/aromatic N) is 1. The predicted molar refractivity (Wildman–Crippen MR) is 96.0 cm³/mol. The smallest absolute Gasteiger partial charge is 0.275 e. The number of hydrogen-bond donors (Lipinski definition) is 2. The molecule has 0 saturated carbocycles. The van der Waals surface area contributed by atoms with E-state index in [9.17, 15) is 4.79 Å². The molecular weight excluding hydrogens is 330 g/mol. The Morgan fingerprint density at radius 1 is 1.17 bits per heavy atom. The first-order valence-electron chi connectivity index (χ1n) is 6.97. The number of hydrogen-bond acceptors (Lipinski definition) is 4. The Morgan fingerprint density at radius 3 is 2.74 bits per heavy atom. The van der Waals surface area contributed by atoms with E-state index in [4.69, 9.17) is 11.6 Å². The SMILES string of the molecule is Cc1ccc(Cl)cc1NC(=O)c1csc(Nc2ccccc2)n1. The van der Waals surface area contributed by atoms with Gasteiger partial charge in [0.2, 0.25) is 0 Å². The van der Waals surface area contributed by atoms with Crippen LogP contribution in [0, 0.1) is 6.92 Å². The van der Waals surface area contributed by atoms with Crippen LogP contribution in [-0.2, 0) is 0 Å². The number of carbonyl (C=O) groups excluding carboxylic acids is 1. The summed E-state index contributed by atoms with van der Waals surface area (Å²) in [6.45, 7) is 1.91. The zero-order valence-corrected chi connectivity index (χ0v) is 13.9. The molecule has 0 aliphatic heterocycles. The summed E-state index contributed by atoms with van der Waals surface area (Å²) < 4.78 is 0. The predicted octanol–water partition coefficient (Wildman–Crippen LogP) is 5.10. The molecule has 0 atom stereocenters. The molecule has 0 fully saturated rings. The number of benzene rings is 2. The minimum Gasteiger partial charge on any atom is -0.332 e. The van der Waals surface area contributed by atoms with Crippen LogP contribution in [0.4, 0.5) is 16.5 Å². The average Bonchev–Trinajstić information content (AvgIpc) is 3.00. The molecular formula is C17H14ClN3OS. The molecule has 0 aliphatic rings. The fourth-order valence-electron chi connectivity index (χ4n) is 2.00. The highest BCUT2D eigenvalue weighted by Crippen LogP contribution is 2.23. The molecule has 3 aromatic rings. The molecule has 0 radical (unpaired) electrons. The summed E-state index contributed by atoms with van der Waals surface area (Å²) in [6.07, 6.45) is 0. The lowest BCUT2D eigenvalue weighted by atomic mass is 10.2. The third kappa shape index (κ3) is 3.88. The first-order chi connectivity index (χ1) is 11.1. The zero-order chi connectivity index (χ0) is 16.2. The van der Waals surface area contributed by atoms with E-state index < -0.39 is 0 Å². The Hall–Kier alpha value is -2.37. The van der Waals surface area contributed by atoms with Crippen molar-refractivity contribution in [3.05, 3.63) is 70.2 Å². The van der Waals surface area contributed by atoms with Gasteiger partial charge in [-0.15, -0.1) is 11.3 Å². The van der Waals surface area contributed by atoms with Crippen molar-refractivity contribution >= 4 is 45.4 Å². The summed E-state index contributed by atoms with van der Waals surface area (Å²) in [4.78, 5) is 16.6. The van der Waals surface area contributed by atoms with Crippen LogP contribution < -0.4 is 10.6 Å². The van der Waals surface area contributed by atoms with Gasteiger partial charge in [0.1, 0.15) is 5.69 Å². The van der Waals surface area contributed by atoms with Crippen molar-refractivity contribution in [2.45, 2.75) is 6.92 Å². The van der Waals surface area contributed by atoms with Crippen molar-refractivity contribution in [1.82, 2.24) is 4.98 Å². The van der Waals surface area contributed by atoms with E-state index in [0.29, 0.717) is 21.5 Å². The van der Waals surface area contributed by atoms with Gasteiger partial charge in [0, 0.05) is 21.8 Å². The zero-order valence-electron chi connectivity index (χ0n) is 12.3. The summed E-state index contributed by atoms with van der Waals surface area (Å²) >= 11 is 7.35. The standard InChI is InChI=1S/C17H14ClN3OS/c1-11-7-8-12(18)9-14(11)20-16(22)15-10-23-17(21-15)19-13-5-3-2-4-6-13/h2-10H,1H3,(H,19,21)(H,20,22). The second-order valence-corrected chi connectivity index (χ2v) is 6.24. The number of thiazole rings is 1. The molecule has 0 spiro atoms. The third-order valence-electron chi connectivity index (χ3n) is 3.21. The lowest BCUT2D eigenvalue weighted by Gasteiger charge is -2.07. The minimum absolute atomic E-state index is 0.257. The van der Waals surface area contributed by atoms with Crippen LogP contribution in [0.15, 0.2) is 53.9 Å². The summed E-state index contributed by atoms with van der Waals surface area (Å²) in [5.41, 5.74) is 2.93. The molecule has 0 bridgehead atoms. The Balaban J connectivity index is 1.72. The van der Waals surface area contributed by atoms with E-state index in [1.807, 2.05) is 43.3 Å². The van der Waals surface area contributed by atoms with Crippen LogP contribution in [-0.4, -0.2) is 10.9 Å². The molecule has 4 nitrogen and oxygen atoms in total. The van der Waals surface area contributed by atoms with Crippen molar-refractivity contribution in [1.29, 1.82) is 0 Å². The number of carbonyl (C=O) groups is 1. The van der Waals surface area contributed by atoms with Crippen LogP contribution in [0.3, 0.4) is 0 Å². The van der Waals surface area contributed by atoms with Gasteiger partial charge in [0.15, 0.2) is 5.13 Å². The van der Waals surface area contributed by atoms with E-state index in [2.05, 4.69) is 15.6 Å². The summed E-state index contributed by atoms with van der Waals surface area (Å²) in [5, 5.41) is 8.98. The number of rotatable bonds is 4. The van der Waals surface area contributed by atoms with Crippen molar-refractivity contribution in [2.24, 2.45) is 0 Å². The number of para-hydroxylation sites is 1. The highest BCUT2D eigenvalue weighted by molar-refractivity contribution is 7.14. The topological polar surface area (TPSA) is 54.0 Å². The first-order valence-corrected chi connectivity index (χ1v) is 8.23. The fourth-order valence-corrected chi connectivity index (χ4v) is 2.88. The van der Waals surface area contributed by atoms with E-state index in [1.165, 1.54) is 11.3 Å². The summed E-state index contributed by atoms with van der Waals surface area (Å²) in [6, 6.07) is 15.1. The molecule has 0 unspecified atom stereocenters. The second-order valence-electron chi connectivity index (χ2n) is 4.94. The van der Waals surface area contributed by atoms with Crippen molar-refractivity contribution in [3.8, 4) is 0 Å². The Kier molecular flexibility index (Phi) is 4.60. The monoisotopic (exact) mass is 343 g/mol. The molecule has 2 N–H and O–H groups in total. The molecule has 1 aromatic heterocycles. The van der Waals surface area contributed by atoms with Crippen LogP contribution in [0.2, 0.25) is 5.02 Å². The van der Waals surface area contributed by atoms with Gasteiger partial charge in [-0.1, -0.05) is 35.9 Å². The van der Waals surface area contributed by atoms with E-state index in [-0.39, 0.29) is 5.91 Å². The van der Waals surface area contributed by atoms with Gasteiger partial charge >= 0.3 is 0 Å². The molecule has 1 heterocycles. The van der Waals surface area contributed by atoms with Gasteiger partial charge in [-0.3, -0.25) is 4.79 Å². The average molecular weight is 344 g/mol. The first kappa shape index (κ1) is 15.5. The third-order valence-corrected chi connectivity index (χ3v) is 4.20. The largest absolute Gasteiger partial charge is 0.332 e. The Bertz CT molecular complexity index is 833. The van der Waals surface area contributed by atoms with Crippen LogP contribution >= 0.6 is 22.9 Å². The normalized spacial score (nSPS) is 10.3. The van der Waals surface area contributed by atoms with Gasteiger partial charge in [0.25, 0.3) is 5.91 Å². The molecule has 0 saturated heterocycles. The maximum absolute atomic E-state index is 12.3. The highest BCUT2D eigenvalue weighted by Gasteiger charge is 2.12. The molecule has 0 aliphatic carbocycles.